The van der Waals surface area contributed by atoms with Gasteiger partial charge in [0.2, 0.25) is 0 Å². The molecule has 3 rings (SSSR count). The number of rotatable bonds is 5. The van der Waals surface area contributed by atoms with E-state index < -0.39 is 6.10 Å². The van der Waals surface area contributed by atoms with Crippen molar-refractivity contribution in [2.24, 2.45) is 5.92 Å². The maximum absolute atomic E-state index is 13.0. The molecule has 0 aliphatic carbocycles. The van der Waals surface area contributed by atoms with Gasteiger partial charge in [-0.1, -0.05) is 12.1 Å². The minimum atomic E-state index is -0.553. The predicted octanol–water partition coefficient (Wildman–Crippen LogP) is 4.30. The van der Waals surface area contributed by atoms with E-state index in [9.17, 15) is 13.9 Å². The van der Waals surface area contributed by atoms with Gasteiger partial charge in [0, 0.05) is 18.3 Å². The van der Waals surface area contributed by atoms with Gasteiger partial charge >= 0.3 is 0 Å². The molecular weight excluding hydrogens is 296 g/mol. The molecule has 0 radical (unpaired) electrons. The lowest BCUT2D eigenvalue weighted by atomic mass is 9.84. The molecule has 1 heterocycles. The zero-order chi connectivity index (χ0) is 16.4. The summed E-state index contributed by atoms with van der Waals surface area (Å²) >= 11 is 0. The first-order valence-corrected chi connectivity index (χ1v) is 8.00. The Morgan fingerprint density at radius 2 is 1.61 bits per heavy atom. The summed E-state index contributed by atoms with van der Waals surface area (Å²) in [4.78, 5) is 2.24. The summed E-state index contributed by atoms with van der Waals surface area (Å²) in [5.41, 5.74) is 1.79. The van der Waals surface area contributed by atoms with E-state index in [2.05, 4.69) is 11.8 Å². The van der Waals surface area contributed by atoms with Crippen molar-refractivity contribution >= 4 is 5.69 Å². The van der Waals surface area contributed by atoms with Crippen molar-refractivity contribution in [2.75, 3.05) is 11.4 Å². The Balaban J connectivity index is 1.50. The second-order valence-corrected chi connectivity index (χ2v) is 6.27. The van der Waals surface area contributed by atoms with E-state index in [1.807, 2.05) is 0 Å². The molecule has 1 aliphatic rings. The fraction of sp³-hybridized carbons (Fsp3) is 0.368. The number of hydrogen-bond donors (Lipinski definition) is 1. The Bertz CT molecular complexity index is 641. The Morgan fingerprint density at radius 3 is 2.17 bits per heavy atom. The van der Waals surface area contributed by atoms with Crippen LogP contribution in [-0.4, -0.2) is 17.7 Å². The van der Waals surface area contributed by atoms with Crippen LogP contribution in [0.25, 0.3) is 0 Å². The summed E-state index contributed by atoms with van der Waals surface area (Å²) in [6.07, 6.45) is 1.03. The number of aliphatic hydroxyl groups excluding tert-OH is 1. The summed E-state index contributed by atoms with van der Waals surface area (Å²) in [7, 11) is 0. The zero-order valence-electron chi connectivity index (χ0n) is 13.1. The highest BCUT2D eigenvalue weighted by atomic mass is 19.1. The number of halogens is 2. The van der Waals surface area contributed by atoms with Crippen LogP contribution in [-0.2, 0) is 0 Å². The molecular formula is C19H21F2NO. The lowest BCUT2D eigenvalue weighted by Crippen LogP contribution is -2.54. The second-order valence-electron chi connectivity index (χ2n) is 6.27. The van der Waals surface area contributed by atoms with Crippen LogP contribution in [0.15, 0.2) is 48.5 Å². The summed E-state index contributed by atoms with van der Waals surface area (Å²) in [6, 6.07) is 13.0. The quantitative estimate of drug-likeness (QED) is 0.888. The van der Waals surface area contributed by atoms with Crippen LogP contribution in [0, 0.1) is 17.6 Å². The molecule has 3 atom stereocenters. The third-order valence-corrected chi connectivity index (χ3v) is 4.83. The van der Waals surface area contributed by atoms with E-state index in [-0.39, 0.29) is 11.6 Å². The molecule has 0 spiro atoms. The highest BCUT2D eigenvalue weighted by molar-refractivity contribution is 5.50. The van der Waals surface area contributed by atoms with Gasteiger partial charge in [0.05, 0.1) is 6.10 Å². The smallest absolute Gasteiger partial charge is 0.123 e. The zero-order valence-corrected chi connectivity index (χ0v) is 13.1. The number of anilines is 1. The molecule has 1 N–H and O–H groups in total. The van der Waals surface area contributed by atoms with Crippen molar-refractivity contribution in [3.8, 4) is 0 Å². The summed E-state index contributed by atoms with van der Waals surface area (Å²) < 4.78 is 25.9. The first kappa shape index (κ1) is 15.9. The first-order valence-electron chi connectivity index (χ1n) is 8.00. The average Bonchev–Trinajstić information content (AvgIpc) is 2.55. The van der Waals surface area contributed by atoms with Crippen molar-refractivity contribution < 1.29 is 13.9 Å². The van der Waals surface area contributed by atoms with E-state index in [0.29, 0.717) is 18.4 Å². The van der Waals surface area contributed by atoms with E-state index in [1.54, 1.807) is 24.3 Å². The van der Waals surface area contributed by atoms with Gasteiger partial charge in [-0.25, -0.2) is 8.78 Å². The van der Waals surface area contributed by atoms with Gasteiger partial charge in [0.25, 0.3) is 0 Å². The molecule has 1 fully saturated rings. The number of nitrogens with zero attached hydrogens (tertiary/aromatic N) is 1. The van der Waals surface area contributed by atoms with Gasteiger partial charge < -0.3 is 10.0 Å². The van der Waals surface area contributed by atoms with Crippen molar-refractivity contribution in [2.45, 2.75) is 31.9 Å². The Labute approximate surface area is 135 Å². The van der Waals surface area contributed by atoms with Crippen molar-refractivity contribution in [1.29, 1.82) is 0 Å². The van der Waals surface area contributed by atoms with Gasteiger partial charge in [0.1, 0.15) is 11.6 Å². The van der Waals surface area contributed by atoms with Crippen LogP contribution in [0.4, 0.5) is 14.5 Å². The third-order valence-electron chi connectivity index (χ3n) is 4.83. The van der Waals surface area contributed by atoms with Crippen LogP contribution in [0.3, 0.4) is 0 Å². The van der Waals surface area contributed by atoms with Gasteiger partial charge in [-0.05, 0) is 67.6 Å². The SMILES string of the molecule is CC1C(CCC(O)c2ccc(F)cc2)CN1c1ccc(F)cc1. The standard InChI is InChI=1S/C19H21F2NO/c1-13-15(12-22(13)18-9-7-17(21)8-10-18)4-11-19(23)14-2-5-16(20)6-3-14/h2-3,5-10,13,15,19,23H,4,11-12H2,1H3. The van der Waals surface area contributed by atoms with E-state index in [4.69, 9.17) is 0 Å². The van der Waals surface area contributed by atoms with Crippen LogP contribution in [0.1, 0.15) is 31.4 Å². The lowest BCUT2D eigenvalue weighted by Gasteiger charge is -2.48. The summed E-state index contributed by atoms with van der Waals surface area (Å²) in [5.74, 6) is -0.000414. The predicted molar refractivity (Wildman–Crippen MR) is 87.3 cm³/mol. The van der Waals surface area contributed by atoms with Gasteiger partial charge in [-0.3, -0.25) is 0 Å². The van der Waals surface area contributed by atoms with Crippen LogP contribution in [0.2, 0.25) is 0 Å². The van der Waals surface area contributed by atoms with E-state index in [0.717, 1.165) is 24.2 Å². The molecule has 0 bridgehead atoms. The number of benzene rings is 2. The topological polar surface area (TPSA) is 23.5 Å². The van der Waals surface area contributed by atoms with E-state index in [1.165, 1.54) is 24.3 Å². The largest absolute Gasteiger partial charge is 0.388 e. The molecule has 3 unspecified atom stereocenters. The minimum Gasteiger partial charge on any atom is -0.388 e. The minimum absolute atomic E-state index is 0.221. The lowest BCUT2D eigenvalue weighted by molar-refractivity contribution is 0.146. The molecule has 0 amide bonds. The Kier molecular flexibility index (Phi) is 4.62. The molecule has 2 aromatic rings. The molecule has 23 heavy (non-hydrogen) atoms. The molecule has 1 saturated heterocycles. The normalized spacial score (nSPS) is 21.8. The van der Waals surface area contributed by atoms with Crippen molar-refractivity contribution in [1.82, 2.24) is 0 Å². The van der Waals surface area contributed by atoms with Gasteiger partial charge in [0.15, 0.2) is 0 Å². The number of aliphatic hydroxyl groups is 1. The molecule has 0 saturated carbocycles. The van der Waals surface area contributed by atoms with Crippen LogP contribution < -0.4 is 4.90 Å². The van der Waals surface area contributed by atoms with Crippen LogP contribution >= 0.6 is 0 Å². The number of hydrogen-bond acceptors (Lipinski definition) is 2. The van der Waals surface area contributed by atoms with Crippen molar-refractivity contribution in [3.63, 3.8) is 0 Å². The molecule has 4 heteroatoms. The van der Waals surface area contributed by atoms with Crippen LogP contribution in [0.5, 0.6) is 0 Å². The molecule has 2 nitrogen and oxygen atoms in total. The molecule has 0 aromatic heterocycles. The summed E-state index contributed by atoms with van der Waals surface area (Å²) in [6.45, 7) is 3.07. The molecule has 1 aliphatic heterocycles. The summed E-state index contributed by atoms with van der Waals surface area (Å²) in [5, 5.41) is 10.2. The van der Waals surface area contributed by atoms with Gasteiger partial charge in [-0.15, -0.1) is 0 Å². The second kappa shape index (κ2) is 6.67. The fourth-order valence-electron chi connectivity index (χ4n) is 3.22. The first-order chi connectivity index (χ1) is 11.0. The monoisotopic (exact) mass is 317 g/mol. The van der Waals surface area contributed by atoms with Gasteiger partial charge in [-0.2, -0.15) is 0 Å². The fourth-order valence-corrected chi connectivity index (χ4v) is 3.22. The third kappa shape index (κ3) is 3.53. The van der Waals surface area contributed by atoms with E-state index >= 15 is 0 Å². The molecule has 2 aromatic carbocycles. The maximum Gasteiger partial charge on any atom is 0.123 e. The maximum atomic E-state index is 13.0. The average molecular weight is 317 g/mol. The Morgan fingerprint density at radius 1 is 1.04 bits per heavy atom. The highest BCUT2D eigenvalue weighted by Gasteiger charge is 2.35. The van der Waals surface area contributed by atoms with Crippen molar-refractivity contribution in [3.05, 3.63) is 65.7 Å². The molecule has 122 valence electrons. The highest BCUT2D eigenvalue weighted by Crippen LogP contribution is 2.35. The Hall–Kier alpha value is -1.94.